The first-order valence-electron chi connectivity index (χ1n) is 11.0. The Kier molecular flexibility index (Phi) is 5.28. The maximum absolute atomic E-state index is 13.5. The molecule has 3 heterocycles. The number of ether oxygens (including phenoxy) is 1. The zero-order valence-corrected chi connectivity index (χ0v) is 20.3. The number of carbonyl (C=O) groups is 2. The van der Waals surface area contributed by atoms with E-state index >= 15 is 0 Å². The van der Waals surface area contributed by atoms with Gasteiger partial charge in [0.2, 0.25) is 0 Å². The van der Waals surface area contributed by atoms with Crippen LogP contribution < -0.4 is 0 Å². The van der Waals surface area contributed by atoms with Crippen LogP contribution in [0, 0.1) is 5.41 Å². The third-order valence-electron chi connectivity index (χ3n) is 6.21. The van der Waals surface area contributed by atoms with Crippen molar-refractivity contribution in [3.63, 3.8) is 0 Å². The van der Waals surface area contributed by atoms with E-state index in [4.69, 9.17) is 9.15 Å². The molecule has 0 saturated carbocycles. The van der Waals surface area contributed by atoms with Crippen molar-refractivity contribution < 1.29 is 18.7 Å². The number of para-hydroxylation sites is 1. The van der Waals surface area contributed by atoms with E-state index in [2.05, 4.69) is 29.8 Å². The Balaban J connectivity index is 1.87. The maximum Gasteiger partial charge on any atom is 0.381 e. The molecule has 0 N–H and O–H groups in total. The van der Waals surface area contributed by atoms with Gasteiger partial charge in [-0.15, -0.1) is 0 Å². The summed E-state index contributed by atoms with van der Waals surface area (Å²) in [6, 6.07) is 19.6. The van der Waals surface area contributed by atoms with Crippen molar-refractivity contribution in [3.05, 3.63) is 72.1 Å². The number of hydrogen-bond donors (Lipinski definition) is 0. The number of Topliss-reactive ketones (excluding diaryl/α,β-unsaturated/α-hetero) is 1. The summed E-state index contributed by atoms with van der Waals surface area (Å²) in [5.41, 5.74) is 4.34. The molecule has 2 aromatic heterocycles. The van der Waals surface area contributed by atoms with E-state index < -0.39 is 11.8 Å². The van der Waals surface area contributed by atoms with E-state index in [1.54, 1.807) is 6.92 Å². The van der Waals surface area contributed by atoms with Gasteiger partial charge in [-0.1, -0.05) is 78.3 Å². The first kappa shape index (κ1) is 21.7. The number of esters is 1. The van der Waals surface area contributed by atoms with Crippen molar-refractivity contribution >= 4 is 38.7 Å². The lowest BCUT2D eigenvalue weighted by molar-refractivity contribution is -0.137. The van der Waals surface area contributed by atoms with E-state index in [1.807, 2.05) is 65.2 Å². The molecule has 0 radical (unpaired) electrons. The number of halogens is 1. The second-order valence-electron chi connectivity index (χ2n) is 8.99. The molecule has 5 rings (SSSR count). The van der Waals surface area contributed by atoms with Crippen molar-refractivity contribution in [2.24, 2.45) is 5.41 Å². The summed E-state index contributed by atoms with van der Waals surface area (Å²) in [6.07, 6.45) is 0. The zero-order valence-electron chi connectivity index (χ0n) is 18.7. The van der Waals surface area contributed by atoms with Crippen LogP contribution in [0.1, 0.15) is 41.8 Å². The Hall–Kier alpha value is -3.12. The van der Waals surface area contributed by atoms with Crippen LogP contribution in [0.15, 0.2) is 65.1 Å². The Labute approximate surface area is 200 Å². The summed E-state index contributed by atoms with van der Waals surface area (Å²) in [5, 5.41) is 0.933. The topological polar surface area (TPSA) is 61.4 Å². The van der Waals surface area contributed by atoms with Gasteiger partial charge in [0, 0.05) is 28.6 Å². The summed E-state index contributed by atoms with van der Waals surface area (Å²) in [5.74, 6) is -0.958. The number of furan rings is 1. The van der Waals surface area contributed by atoms with E-state index in [9.17, 15) is 9.59 Å². The van der Waals surface area contributed by atoms with Crippen LogP contribution in [0.4, 0.5) is 0 Å². The summed E-state index contributed by atoms with van der Waals surface area (Å²) in [4.78, 5) is 26.2. The van der Waals surface area contributed by atoms with Crippen LogP contribution in [0.5, 0.6) is 0 Å². The van der Waals surface area contributed by atoms with Crippen LogP contribution in [0.3, 0.4) is 0 Å². The van der Waals surface area contributed by atoms with Crippen LogP contribution in [-0.4, -0.2) is 22.9 Å². The summed E-state index contributed by atoms with van der Waals surface area (Å²) >= 11 is 3.90. The average molecular weight is 506 g/mol. The van der Waals surface area contributed by atoms with Crippen LogP contribution >= 0.6 is 15.9 Å². The zero-order chi connectivity index (χ0) is 23.3. The molecule has 1 unspecified atom stereocenters. The monoisotopic (exact) mass is 505 g/mol. The van der Waals surface area contributed by atoms with Gasteiger partial charge in [0.25, 0.3) is 5.78 Å². The predicted molar refractivity (Wildman–Crippen MR) is 131 cm³/mol. The molecule has 1 aliphatic rings. The molecule has 0 amide bonds. The Morgan fingerprint density at radius 2 is 1.79 bits per heavy atom. The molecule has 0 spiro atoms. The smallest absolute Gasteiger partial charge is 0.381 e. The fourth-order valence-corrected chi connectivity index (χ4v) is 5.31. The minimum Gasteiger partial charge on any atom is -0.460 e. The van der Waals surface area contributed by atoms with Gasteiger partial charge in [-0.2, -0.15) is 0 Å². The highest BCUT2D eigenvalue weighted by Crippen LogP contribution is 2.55. The van der Waals surface area contributed by atoms with E-state index in [-0.39, 0.29) is 16.8 Å². The quantitative estimate of drug-likeness (QED) is 0.129. The largest absolute Gasteiger partial charge is 0.460 e. The summed E-state index contributed by atoms with van der Waals surface area (Å²) in [7, 11) is 0. The fourth-order valence-electron chi connectivity index (χ4n) is 4.69. The van der Waals surface area contributed by atoms with E-state index in [0.29, 0.717) is 23.6 Å². The molecular weight excluding hydrogens is 482 g/mol. The molecule has 4 aromatic rings. The minimum atomic E-state index is -0.856. The van der Waals surface area contributed by atoms with Gasteiger partial charge in [0.15, 0.2) is 0 Å². The van der Waals surface area contributed by atoms with Gasteiger partial charge in [0.05, 0.1) is 17.0 Å². The molecule has 33 heavy (non-hydrogen) atoms. The molecule has 0 bridgehead atoms. The van der Waals surface area contributed by atoms with Crippen molar-refractivity contribution in [3.8, 4) is 22.5 Å². The number of benzene rings is 2. The molecular formula is C27H24BrNO4. The molecule has 0 saturated heterocycles. The van der Waals surface area contributed by atoms with Crippen molar-refractivity contribution in [1.82, 2.24) is 4.57 Å². The lowest BCUT2D eigenvalue weighted by atomic mass is 9.87. The summed E-state index contributed by atoms with van der Waals surface area (Å²) < 4.78 is 13.3. The molecule has 2 aromatic carbocycles. The van der Waals surface area contributed by atoms with E-state index in [0.717, 1.165) is 27.8 Å². The Morgan fingerprint density at radius 1 is 1.09 bits per heavy atom. The molecule has 168 valence electrons. The molecule has 5 nitrogen and oxygen atoms in total. The molecule has 1 aliphatic heterocycles. The highest BCUT2D eigenvalue weighted by Gasteiger charge is 2.45. The van der Waals surface area contributed by atoms with Gasteiger partial charge in [0.1, 0.15) is 17.0 Å². The third kappa shape index (κ3) is 3.44. The SMILES string of the molecule is CCOC(=O)C(=O)c1c(-c2cc3ccccc3o2)c(-c2ccccc2)c2n1CC(C)(C)C2Br. The first-order valence-corrected chi connectivity index (χ1v) is 11.9. The minimum absolute atomic E-state index is 0.0212. The Bertz CT molecular complexity index is 1350. The number of ketones is 1. The number of rotatable bonds is 5. The number of aromatic nitrogens is 1. The van der Waals surface area contributed by atoms with Gasteiger partial charge in [-0.05, 0) is 24.6 Å². The molecule has 0 fully saturated rings. The third-order valence-corrected chi connectivity index (χ3v) is 7.88. The second kappa shape index (κ2) is 8.03. The van der Waals surface area contributed by atoms with Gasteiger partial charge >= 0.3 is 5.97 Å². The summed E-state index contributed by atoms with van der Waals surface area (Å²) in [6.45, 7) is 6.71. The van der Waals surface area contributed by atoms with Crippen molar-refractivity contribution in [1.29, 1.82) is 0 Å². The number of carbonyl (C=O) groups excluding carboxylic acids is 2. The Morgan fingerprint density at radius 3 is 2.48 bits per heavy atom. The first-order chi connectivity index (χ1) is 15.8. The molecule has 6 heteroatoms. The predicted octanol–water partition coefficient (Wildman–Crippen LogP) is 6.79. The number of alkyl halides is 1. The highest BCUT2D eigenvalue weighted by atomic mass is 79.9. The maximum atomic E-state index is 13.5. The van der Waals surface area contributed by atoms with Crippen molar-refractivity contribution in [2.45, 2.75) is 32.1 Å². The second-order valence-corrected chi connectivity index (χ2v) is 9.90. The lowest BCUT2D eigenvalue weighted by Crippen LogP contribution is -2.23. The van der Waals surface area contributed by atoms with Gasteiger partial charge < -0.3 is 13.7 Å². The highest BCUT2D eigenvalue weighted by molar-refractivity contribution is 9.09. The number of fused-ring (bicyclic) bond motifs is 2. The van der Waals surface area contributed by atoms with Gasteiger partial charge in [-0.25, -0.2) is 4.79 Å². The van der Waals surface area contributed by atoms with Crippen LogP contribution in [0.25, 0.3) is 33.4 Å². The normalized spacial score (nSPS) is 16.7. The number of nitrogens with zero attached hydrogens (tertiary/aromatic N) is 1. The molecule has 0 aliphatic carbocycles. The van der Waals surface area contributed by atoms with Crippen molar-refractivity contribution in [2.75, 3.05) is 6.61 Å². The van der Waals surface area contributed by atoms with E-state index in [1.165, 1.54) is 0 Å². The fraction of sp³-hybridized carbons (Fsp3) is 0.259. The number of hydrogen-bond acceptors (Lipinski definition) is 4. The molecule has 1 atom stereocenters. The lowest BCUT2D eigenvalue weighted by Gasteiger charge is -2.23. The van der Waals surface area contributed by atoms with Crippen LogP contribution in [-0.2, 0) is 16.1 Å². The average Bonchev–Trinajstić information content (AvgIpc) is 3.43. The van der Waals surface area contributed by atoms with Crippen LogP contribution in [0.2, 0.25) is 0 Å². The van der Waals surface area contributed by atoms with Gasteiger partial charge in [-0.3, -0.25) is 4.79 Å². The standard InChI is InChI=1S/C27H24BrNO4/c1-4-32-26(31)24(30)22-21(19-14-17-12-8-9-13-18(17)33-19)20(16-10-6-5-7-11-16)23-25(28)27(2,3)15-29(22)23/h5-14,25H,4,15H2,1-3H3.